The molecule has 0 aliphatic heterocycles. The first-order chi connectivity index (χ1) is 51.8. The molecule has 0 saturated heterocycles. The summed E-state index contributed by atoms with van der Waals surface area (Å²) in [6, 6.07) is 9.58. The number of methoxy groups -OCH3 is 2. The highest BCUT2D eigenvalue weighted by molar-refractivity contribution is 7.91. The number of hydrogen-bond donors (Lipinski definition) is 4. The maximum Gasteiger partial charge on any atom is 0.410 e. The number of ketones is 3. The zero-order valence-corrected chi connectivity index (χ0v) is 66.8. The summed E-state index contributed by atoms with van der Waals surface area (Å²) in [6.45, 7) is 20.8. The molecule has 5 N–H and O–H groups in total. The third kappa shape index (κ3) is 45.8. The van der Waals surface area contributed by atoms with Gasteiger partial charge in [0.15, 0.2) is 27.2 Å². The number of urea groups is 1. The number of benzene rings is 2. The number of anilines is 1. The first-order valence-corrected chi connectivity index (χ1v) is 39.3. The smallest absolute Gasteiger partial charge is 0.410 e. The molecule has 0 spiro atoms. The second-order valence-corrected chi connectivity index (χ2v) is 29.1. The highest BCUT2D eigenvalue weighted by Gasteiger charge is 2.36. The first kappa shape index (κ1) is 97.9. The Balaban J connectivity index is 2.07. The van der Waals surface area contributed by atoms with Crippen molar-refractivity contribution >= 4 is 62.7 Å². The monoisotopic (exact) mass is 1560 g/mol. The number of nitrogens with one attached hydrogen (secondary N) is 3. The van der Waals surface area contributed by atoms with Crippen molar-refractivity contribution in [3.8, 4) is 0 Å². The fourth-order valence-electron chi connectivity index (χ4n) is 10.9. The minimum Gasteiger partial charge on any atom is -0.445 e. The number of sulfone groups is 1. The van der Waals surface area contributed by atoms with Crippen LogP contribution < -0.4 is 21.7 Å². The SMILES string of the molecule is COCCOCCOCCOCCOCCOCCOCCCCC(CS(=O)(=O)CCOCCOCCOCCOCCOCCOCCOC)C(=O)c1ccc(C(=O)N[C@H](C(=O)C[C@@H](CCCNC(N)=O)C(=O)Nc2ccc(COC(=O)N(C)[C@H](C(=O)C[C@H](C(=O)N(C)C)C(C)C)C(C)C)cc2)C(C)C)cc1. The van der Waals surface area contributed by atoms with Crippen molar-refractivity contribution < 1.29 is 118 Å². The van der Waals surface area contributed by atoms with E-state index in [0.29, 0.717) is 176 Å². The third-order valence-corrected chi connectivity index (χ3v) is 18.6. The second-order valence-electron chi connectivity index (χ2n) is 26.9. The Hall–Kier alpha value is -6.21. The van der Waals surface area contributed by atoms with E-state index in [-0.39, 0.29) is 105 Å². The Kier molecular flexibility index (Phi) is 54.8. The fourth-order valence-corrected chi connectivity index (χ4v) is 12.3. The van der Waals surface area contributed by atoms with E-state index in [4.69, 9.17) is 76.8 Å². The van der Waals surface area contributed by atoms with Crippen LogP contribution in [-0.4, -0.2) is 303 Å². The van der Waals surface area contributed by atoms with Crippen molar-refractivity contribution in [2.24, 2.45) is 41.2 Å². The molecule has 1 unspecified atom stereocenters. The third-order valence-electron chi connectivity index (χ3n) is 16.9. The molecule has 108 heavy (non-hydrogen) atoms. The molecule has 2 aromatic carbocycles. The van der Waals surface area contributed by atoms with E-state index in [1.165, 1.54) is 41.1 Å². The van der Waals surface area contributed by atoms with Crippen molar-refractivity contribution in [1.82, 2.24) is 20.4 Å². The molecule has 0 heterocycles. The largest absolute Gasteiger partial charge is 0.445 e. The molecule has 2 aromatic rings. The molecule has 618 valence electrons. The van der Waals surface area contributed by atoms with Gasteiger partial charge in [-0.25, -0.2) is 18.0 Å². The van der Waals surface area contributed by atoms with Crippen LogP contribution in [0.5, 0.6) is 0 Å². The number of Topliss-reactive ketones (excluding diaryl/α,β-unsaturated/α-hetero) is 3. The Morgan fingerprint density at radius 2 is 0.898 bits per heavy atom. The number of carbonyl (C=O) groups excluding carboxylic acids is 8. The average Bonchev–Trinajstić information content (AvgIpc) is 0.839. The van der Waals surface area contributed by atoms with E-state index in [2.05, 4.69) is 16.0 Å². The zero-order valence-electron chi connectivity index (χ0n) is 66.0. The van der Waals surface area contributed by atoms with Gasteiger partial charge in [-0.1, -0.05) is 72.2 Å². The summed E-state index contributed by atoms with van der Waals surface area (Å²) in [5, 5.41) is 8.17. The van der Waals surface area contributed by atoms with Crippen LogP contribution >= 0.6 is 0 Å². The number of rotatable bonds is 69. The number of hydrogen-bond acceptors (Lipinski definition) is 25. The molecule has 32 heteroatoms. The minimum absolute atomic E-state index is 0.0369. The van der Waals surface area contributed by atoms with E-state index in [9.17, 15) is 46.8 Å². The van der Waals surface area contributed by atoms with E-state index in [0.717, 1.165) is 0 Å². The number of likely N-dealkylation sites (N-methyl/N-ethyl adjacent to an activating group) is 1. The lowest BCUT2D eigenvalue weighted by Gasteiger charge is -2.31. The first-order valence-electron chi connectivity index (χ1n) is 37.5. The van der Waals surface area contributed by atoms with E-state index >= 15 is 0 Å². The van der Waals surface area contributed by atoms with Gasteiger partial charge in [-0.05, 0) is 73.3 Å². The summed E-state index contributed by atoms with van der Waals surface area (Å²) < 4.78 is 109. The lowest BCUT2D eigenvalue weighted by molar-refractivity contribution is -0.138. The van der Waals surface area contributed by atoms with Crippen LogP contribution in [0.4, 0.5) is 15.3 Å². The molecule has 0 radical (unpaired) electrons. The summed E-state index contributed by atoms with van der Waals surface area (Å²) in [4.78, 5) is 111. The van der Waals surface area contributed by atoms with Crippen molar-refractivity contribution in [2.45, 2.75) is 105 Å². The van der Waals surface area contributed by atoms with Crippen LogP contribution in [0.2, 0.25) is 0 Å². The molecule has 0 aliphatic carbocycles. The van der Waals surface area contributed by atoms with Gasteiger partial charge in [0.05, 0.1) is 189 Å². The minimum atomic E-state index is -3.83. The van der Waals surface area contributed by atoms with Crippen molar-refractivity contribution in [3.05, 3.63) is 65.2 Å². The van der Waals surface area contributed by atoms with E-state index in [1.54, 1.807) is 66.4 Å². The zero-order chi connectivity index (χ0) is 79.7. The van der Waals surface area contributed by atoms with Gasteiger partial charge in [0.1, 0.15) is 6.61 Å². The van der Waals surface area contributed by atoms with Gasteiger partial charge in [0, 0.05) is 95.9 Å². The summed E-state index contributed by atoms with van der Waals surface area (Å²) in [5.41, 5.74) is 6.53. The van der Waals surface area contributed by atoms with Crippen LogP contribution in [0, 0.1) is 35.5 Å². The summed E-state index contributed by atoms with van der Waals surface area (Å²) >= 11 is 0. The van der Waals surface area contributed by atoms with E-state index in [1.807, 2.05) is 27.7 Å². The van der Waals surface area contributed by atoms with Gasteiger partial charge in [0.2, 0.25) is 11.8 Å². The molecule has 2 rings (SSSR count). The predicted octanol–water partition coefficient (Wildman–Crippen LogP) is 5.89. The van der Waals surface area contributed by atoms with Gasteiger partial charge < -0.3 is 103 Å². The predicted molar refractivity (Wildman–Crippen MR) is 405 cm³/mol. The highest BCUT2D eigenvalue weighted by atomic mass is 32.2. The summed E-state index contributed by atoms with van der Waals surface area (Å²) in [7, 11) is 4.16. The molecule has 0 aromatic heterocycles. The summed E-state index contributed by atoms with van der Waals surface area (Å²) in [6.07, 6.45) is 0.568. The maximum atomic E-state index is 14.3. The lowest BCUT2D eigenvalue weighted by Crippen LogP contribution is -2.47. The quantitative estimate of drug-likeness (QED) is 0.0443. The Labute approximate surface area is 640 Å². The number of primary amides is 1. The molecule has 31 nitrogen and oxygen atoms in total. The average molecular weight is 1560 g/mol. The molecule has 0 fully saturated rings. The van der Waals surface area contributed by atoms with Gasteiger partial charge in [0.25, 0.3) is 5.91 Å². The van der Waals surface area contributed by atoms with Crippen LogP contribution in [0.25, 0.3) is 0 Å². The topological polar surface area (TPSA) is 378 Å². The van der Waals surface area contributed by atoms with Gasteiger partial charge in [-0.15, -0.1) is 0 Å². The second kappa shape index (κ2) is 60.5. The molecule has 0 saturated carbocycles. The normalized spacial score (nSPS) is 13.1. The lowest BCUT2D eigenvalue weighted by atomic mass is 9.85. The van der Waals surface area contributed by atoms with Gasteiger partial charge in [-0.2, -0.15) is 0 Å². The molecule has 6 amide bonds. The number of nitrogens with two attached hydrogens (primary N) is 1. The van der Waals surface area contributed by atoms with Gasteiger partial charge >= 0.3 is 12.1 Å². The van der Waals surface area contributed by atoms with Crippen molar-refractivity contribution in [3.63, 3.8) is 0 Å². The maximum absolute atomic E-state index is 14.3. The van der Waals surface area contributed by atoms with Crippen molar-refractivity contribution in [1.29, 1.82) is 0 Å². The molecular formula is C76H128N6O25S. The number of amides is 6. The van der Waals surface area contributed by atoms with Crippen LogP contribution in [0.15, 0.2) is 48.5 Å². The van der Waals surface area contributed by atoms with Crippen LogP contribution in [-0.2, 0) is 107 Å². The highest BCUT2D eigenvalue weighted by Crippen LogP contribution is 2.25. The number of nitrogens with zero attached hydrogens (tertiary/aromatic N) is 2. The summed E-state index contributed by atoms with van der Waals surface area (Å²) in [5.74, 6) is -6.49. The van der Waals surface area contributed by atoms with Gasteiger partial charge in [-0.3, -0.25) is 28.8 Å². The Morgan fingerprint density at radius 3 is 1.31 bits per heavy atom. The standard InChI is InChI=1S/C76H128N6O25S/c1-57(2)66(74(88)81(7)8)54-68(84)70(59(5)6)82(9)76(90)107-55-60-17-23-65(24-18-60)79-73(87)63(16-14-25-78-75(77)89)53-67(83)69(58(3)4)80-72(86)62-21-19-61(20-22-62)71(85)64(15-12-13-26-95-31-32-98-37-38-101-43-44-102-41-39-99-35-33-96-29-27-93-10)56-108(91,92)52-51-106-50-49-105-48-47-104-46-45-103-42-40-100-36-34-97-30-28-94-11/h17-24,57-59,63-64,66,69-70H,12-16,25-56H2,1-11H3,(H,79,87)(H,80,86)(H3,77,78,89)/t63-,64?,66+,69+,70+/m1/s1. The number of unbranched alkanes of at least 4 members (excludes halogenated alkanes) is 1. The molecular weight excluding hydrogens is 1430 g/mol. The van der Waals surface area contributed by atoms with E-state index < -0.39 is 86.9 Å². The number of carbonyl (C=O) groups is 8. The molecule has 5 atom stereocenters. The van der Waals surface area contributed by atoms with Crippen molar-refractivity contribution in [2.75, 3.05) is 231 Å². The Morgan fingerprint density at radius 1 is 0.472 bits per heavy atom. The number of ether oxygens (including phenoxy) is 15. The van der Waals surface area contributed by atoms with Crippen LogP contribution in [0.1, 0.15) is 113 Å². The fraction of sp³-hybridized carbons (Fsp3) is 0.737. The Bertz CT molecular complexity index is 2890. The molecule has 0 aliphatic rings. The molecule has 0 bridgehead atoms. The van der Waals surface area contributed by atoms with Crippen LogP contribution in [0.3, 0.4) is 0 Å².